The van der Waals surface area contributed by atoms with Gasteiger partial charge >= 0.3 is 5.97 Å². The molecule has 0 aromatic heterocycles. The molecule has 0 heterocycles. The predicted molar refractivity (Wildman–Crippen MR) is 111 cm³/mol. The molecule has 3 aromatic rings. The van der Waals surface area contributed by atoms with Crippen LogP contribution in [0.15, 0.2) is 59.5 Å². The molecule has 0 fully saturated rings. The summed E-state index contributed by atoms with van der Waals surface area (Å²) >= 11 is 7.54. The van der Waals surface area contributed by atoms with Gasteiger partial charge in [-0.25, -0.2) is 0 Å². The molecule has 0 aliphatic carbocycles. The van der Waals surface area contributed by atoms with E-state index in [1.54, 1.807) is 6.07 Å². The van der Waals surface area contributed by atoms with Gasteiger partial charge in [0.05, 0.1) is 16.2 Å². The number of carbonyl (C=O) groups is 2. The summed E-state index contributed by atoms with van der Waals surface area (Å²) in [4.78, 5) is 34.7. The molecule has 7 nitrogen and oxygen atoms in total. The lowest BCUT2D eigenvalue weighted by Gasteiger charge is -2.09. The normalized spacial score (nSPS) is 10.7. The Morgan fingerprint density at radius 3 is 2.55 bits per heavy atom. The molecule has 0 aliphatic rings. The number of nitrogens with two attached hydrogens (primary N) is 1. The van der Waals surface area contributed by atoms with Crippen LogP contribution in [0.3, 0.4) is 0 Å². The van der Waals surface area contributed by atoms with Gasteiger partial charge in [0, 0.05) is 26.9 Å². The van der Waals surface area contributed by atoms with Crippen molar-refractivity contribution in [3.8, 4) is 0 Å². The number of amides is 1. The van der Waals surface area contributed by atoms with Crippen LogP contribution in [0.25, 0.3) is 10.8 Å². The average molecular weight is 431 g/mol. The van der Waals surface area contributed by atoms with Crippen molar-refractivity contribution in [2.24, 2.45) is 5.73 Å². The highest BCUT2D eigenvalue weighted by Crippen LogP contribution is 2.33. The molecule has 0 saturated heterocycles. The molecule has 0 bridgehead atoms. The van der Waals surface area contributed by atoms with Crippen molar-refractivity contribution >= 4 is 51.7 Å². The molecule has 0 radical (unpaired) electrons. The van der Waals surface area contributed by atoms with Crippen molar-refractivity contribution in [3.05, 3.63) is 80.9 Å². The van der Waals surface area contributed by atoms with Gasteiger partial charge < -0.3 is 10.5 Å². The fraction of sp³-hybridized carbons (Fsp3) is 0.100. The van der Waals surface area contributed by atoms with Gasteiger partial charge in [-0.1, -0.05) is 35.9 Å². The van der Waals surface area contributed by atoms with Crippen molar-refractivity contribution < 1.29 is 19.2 Å². The zero-order valence-electron chi connectivity index (χ0n) is 15.0. The van der Waals surface area contributed by atoms with E-state index in [1.807, 2.05) is 30.3 Å². The second-order valence-electron chi connectivity index (χ2n) is 6.01. The quantitative estimate of drug-likeness (QED) is 0.258. The maximum atomic E-state index is 12.1. The van der Waals surface area contributed by atoms with Crippen molar-refractivity contribution in [2.75, 3.05) is 5.75 Å². The predicted octanol–water partition coefficient (Wildman–Crippen LogP) is 4.34. The van der Waals surface area contributed by atoms with Gasteiger partial charge in [-0.2, -0.15) is 0 Å². The van der Waals surface area contributed by atoms with Gasteiger partial charge in [0.15, 0.2) is 0 Å². The van der Waals surface area contributed by atoms with E-state index in [1.165, 1.54) is 23.9 Å². The van der Waals surface area contributed by atoms with E-state index >= 15 is 0 Å². The number of hydrogen-bond acceptors (Lipinski definition) is 6. The molecule has 0 aliphatic heterocycles. The van der Waals surface area contributed by atoms with E-state index in [-0.39, 0.29) is 29.2 Å². The average Bonchev–Trinajstić information content (AvgIpc) is 2.70. The molecule has 29 heavy (non-hydrogen) atoms. The largest absolute Gasteiger partial charge is 0.460 e. The van der Waals surface area contributed by atoms with Crippen molar-refractivity contribution in [3.63, 3.8) is 0 Å². The summed E-state index contributed by atoms with van der Waals surface area (Å²) in [5.41, 5.74) is 4.99. The van der Waals surface area contributed by atoms with Gasteiger partial charge in [-0.05, 0) is 29.7 Å². The van der Waals surface area contributed by atoms with E-state index < -0.39 is 16.8 Å². The first-order valence-corrected chi connectivity index (χ1v) is 9.76. The smallest absolute Gasteiger partial charge is 0.316 e. The molecule has 3 rings (SSSR count). The topological polar surface area (TPSA) is 113 Å². The first-order chi connectivity index (χ1) is 13.9. The molecular weight excluding hydrogens is 416 g/mol. The monoisotopic (exact) mass is 430 g/mol. The number of benzene rings is 3. The Labute approximate surface area is 174 Å². The van der Waals surface area contributed by atoms with Crippen LogP contribution in [0.1, 0.15) is 15.9 Å². The third-order valence-corrected chi connectivity index (χ3v) is 5.46. The van der Waals surface area contributed by atoms with Gasteiger partial charge in [0.25, 0.3) is 5.69 Å². The lowest BCUT2D eigenvalue weighted by atomic mass is 10.1. The van der Waals surface area contributed by atoms with Crippen LogP contribution in [-0.2, 0) is 16.1 Å². The molecule has 1 amide bonds. The molecule has 0 saturated carbocycles. The molecule has 148 valence electrons. The first kappa shape index (κ1) is 20.6. The third kappa shape index (κ3) is 4.85. The van der Waals surface area contributed by atoms with Crippen LogP contribution in [0.5, 0.6) is 0 Å². The fourth-order valence-electron chi connectivity index (χ4n) is 2.73. The summed E-state index contributed by atoms with van der Waals surface area (Å²) in [6.45, 7) is -0.287. The Morgan fingerprint density at radius 1 is 1.14 bits per heavy atom. The second kappa shape index (κ2) is 8.93. The maximum Gasteiger partial charge on any atom is 0.316 e. The third-order valence-electron chi connectivity index (χ3n) is 4.12. The molecule has 0 unspecified atom stereocenters. The van der Waals surface area contributed by atoms with E-state index in [0.717, 1.165) is 21.7 Å². The molecular formula is C20H15ClN2O5S. The van der Waals surface area contributed by atoms with E-state index in [9.17, 15) is 19.7 Å². The number of esters is 1. The number of ether oxygens (including phenoxy) is 1. The Bertz CT molecular complexity index is 1110. The number of thioether (sulfide) groups is 1. The number of rotatable bonds is 7. The Kier molecular flexibility index (Phi) is 6.36. The summed E-state index contributed by atoms with van der Waals surface area (Å²) in [6.07, 6.45) is 0. The molecule has 9 heteroatoms. The zero-order chi connectivity index (χ0) is 21.0. The number of nitro benzene ring substituents is 1. The van der Waals surface area contributed by atoms with Crippen LogP contribution < -0.4 is 5.73 Å². The van der Waals surface area contributed by atoms with Crippen molar-refractivity contribution in [1.29, 1.82) is 0 Å². The number of fused-ring (bicyclic) bond motifs is 1. The minimum absolute atomic E-state index is 0.00941. The zero-order valence-corrected chi connectivity index (χ0v) is 16.5. The molecule has 2 N–H and O–H groups in total. The number of primary amides is 1. The number of carbonyl (C=O) groups excluding carboxylic acids is 2. The SMILES string of the molecule is NC(=O)c1ccc(COC(=O)CSc2cccc3cccc(Cl)c23)c([N+](=O)[O-])c1. The summed E-state index contributed by atoms with van der Waals surface area (Å²) in [7, 11) is 0. The fourth-order valence-corrected chi connectivity index (χ4v) is 3.97. The van der Waals surface area contributed by atoms with E-state index in [4.69, 9.17) is 22.1 Å². The lowest BCUT2D eigenvalue weighted by Crippen LogP contribution is -2.12. The van der Waals surface area contributed by atoms with Crippen molar-refractivity contribution in [2.45, 2.75) is 11.5 Å². The number of hydrogen-bond donors (Lipinski definition) is 1. The molecule has 0 spiro atoms. The minimum Gasteiger partial charge on any atom is -0.460 e. The Balaban J connectivity index is 1.67. The number of halogens is 1. The van der Waals surface area contributed by atoms with E-state index in [0.29, 0.717) is 5.02 Å². The Hall–Kier alpha value is -3.10. The standard InChI is InChI=1S/C20H15ClN2O5S/c21-15-5-1-3-12-4-2-6-17(19(12)15)29-11-18(24)28-10-14-8-7-13(20(22)25)9-16(14)23(26)27/h1-9H,10-11H2,(H2,22,25). The highest BCUT2D eigenvalue weighted by Gasteiger charge is 2.18. The van der Waals surface area contributed by atoms with Crippen LogP contribution in [-0.4, -0.2) is 22.6 Å². The molecule has 3 aromatic carbocycles. The van der Waals surface area contributed by atoms with Crippen molar-refractivity contribution in [1.82, 2.24) is 0 Å². The first-order valence-electron chi connectivity index (χ1n) is 8.39. The van der Waals surface area contributed by atoms with Crippen LogP contribution in [0.2, 0.25) is 5.02 Å². The number of nitro groups is 1. The lowest BCUT2D eigenvalue weighted by molar-refractivity contribution is -0.385. The minimum atomic E-state index is -0.776. The highest BCUT2D eigenvalue weighted by molar-refractivity contribution is 8.00. The van der Waals surface area contributed by atoms with Crippen LogP contribution >= 0.6 is 23.4 Å². The summed E-state index contributed by atoms with van der Waals surface area (Å²) in [5.74, 6) is -1.30. The highest BCUT2D eigenvalue weighted by atomic mass is 35.5. The van der Waals surface area contributed by atoms with Crippen LogP contribution in [0.4, 0.5) is 5.69 Å². The van der Waals surface area contributed by atoms with Gasteiger partial charge in [0.1, 0.15) is 6.61 Å². The Morgan fingerprint density at radius 2 is 1.86 bits per heavy atom. The van der Waals surface area contributed by atoms with Gasteiger partial charge in [-0.3, -0.25) is 19.7 Å². The van der Waals surface area contributed by atoms with E-state index in [2.05, 4.69) is 0 Å². The maximum absolute atomic E-state index is 12.1. The second-order valence-corrected chi connectivity index (χ2v) is 7.43. The summed E-state index contributed by atoms with van der Waals surface area (Å²) in [5, 5.41) is 13.6. The summed E-state index contributed by atoms with van der Waals surface area (Å²) < 4.78 is 5.17. The molecule has 0 atom stereocenters. The van der Waals surface area contributed by atoms with Gasteiger partial charge in [0.2, 0.25) is 5.91 Å². The van der Waals surface area contributed by atoms with Crippen LogP contribution in [0, 0.1) is 10.1 Å². The number of nitrogens with zero attached hydrogens (tertiary/aromatic N) is 1. The summed E-state index contributed by atoms with van der Waals surface area (Å²) in [6, 6.07) is 15.0. The van der Waals surface area contributed by atoms with Gasteiger partial charge in [-0.15, -0.1) is 11.8 Å².